The van der Waals surface area contributed by atoms with E-state index in [0.717, 1.165) is 19.3 Å². The van der Waals surface area contributed by atoms with Crippen molar-refractivity contribution < 1.29 is 14.4 Å². The molecule has 15 heavy (non-hydrogen) atoms. The van der Waals surface area contributed by atoms with Crippen LogP contribution in [0.5, 0.6) is 0 Å². The number of hydrogen-bond donors (Lipinski definition) is 1. The van der Waals surface area contributed by atoms with E-state index < -0.39 is 23.5 Å². The Morgan fingerprint density at radius 3 is 2.20 bits per heavy atom. The van der Waals surface area contributed by atoms with Gasteiger partial charge in [0.05, 0.1) is 0 Å². The average molecular weight is 211 g/mol. The minimum Gasteiger partial charge on any atom is -0.289 e. The predicted molar refractivity (Wildman–Crippen MR) is 55.0 cm³/mol. The van der Waals surface area contributed by atoms with Crippen LogP contribution in [0.15, 0.2) is 0 Å². The number of carbonyl (C=O) groups excluding carboxylic acids is 3. The van der Waals surface area contributed by atoms with Crippen molar-refractivity contribution in [3.63, 3.8) is 0 Å². The van der Waals surface area contributed by atoms with Crippen LogP contribution in [0.2, 0.25) is 0 Å². The van der Waals surface area contributed by atoms with Gasteiger partial charge in [0.1, 0.15) is 5.92 Å². The molecule has 0 aromatic heterocycles. The van der Waals surface area contributed by atoms with Crippen molar-refractivity contribution in [1.82, 2.24) is 5.32 Å². The quantitative estimate of drug-likeness (QED) is 0.420. The van der Waals surface area contributed by atoms with Crippen molar-refractivity contribution in [2.45, 2.75) is 39.5 Å². The number of amides is 2. The van der Waals surface area contributed by atoms with Gasteiger partial charge in [-0.25, -0.2) is 0 Å². The highest BCUT2D eigenvalue weighted by atomic mass is 16.2. The summed E-state index contributed by atoms with van der Waals surface area (Å²) >= 11 is 0. The fourth-order valence-corrected chi connectivity index (χ4v) is 1.90. The van der Waals surface area contributed by atoms with Crippen LogP contribution in [0.25, 0.3) is 0 Å². The fourth-order valence-electron chi connectivity index (χ4n) is 1.90. The van der Waals surface area contributed by atoms with Crippen molar-refractivity contribution in [3.8, 4) is 0 Å². The van der Waals surface area contributed by atoms with Crippen molar-refractivity contribution in [3.05, 3.63) is 0 Å². The van der Waals surface area contributed by atoms with E-state index in [9.17, 15) is 14.4 Å². The highest BCUT2D eigenvalue weighted by Crippen LogP contribution is 2.21. The van der Waals surface area contributed by atoms with E-state index in [1.54, 1.807) is 0 Å². The van der Waals surface area contributed by atoms with Crippen LogP contribution in [0, 0.1) is 11.8 Å². The molecule has 2 amide bonds. The minimum atomic E-state index is -0.741. The highest BCUT2D eigenvalue weighted by molar-refractivity contribution is 6.48. The zero-order chi connectivity index (χ0) is 11.4. The predicted octanol–water partition coefficient (Wildman–Crippen LogP) is 1.04. The molecule has 1 aliphatic heterocycles. The number of Topliss-reactive ketones (excluding diaryl/α,β-unsaturated/α-hetero) is 1. The molecule has 1 aliphatic rings. The fraction of sp³-hybridized carbons (Fsp3) is 0.727. The molecule has 1 N–H and O–H groups in total. The lowest BCUT2D eigenvalue weighted by molar-refractivity contribution is -0.136. The molecule has 84 valence electrons. The number of rotatable bonds is 5. The maximum absolute atomic E-state index is 11.3. The van der Waals surface area contributed by atoms with E-state index in [1.807, 2.05) is 5.32 Å². The third kappa shape index (κ3) is 2.64. The monoisotopic (exact) mass is 211 g/mol. The molecule has 4 nitrogen and oxygen atoms in total. The maximum Gasteiger partial charge on any atom is 0.294 e. The normalized spacial score (nSPS) is 21.3. The smallest absolute Gasteiger partial charge is 0.289 e. The first-order chi connectivity index (χ1) is 7.10. The molecule has 0 saturated carbocycles. The molecule has 1 rings (SSSR count). The standard InChI is InChI=1S/C11H17NO3/c1-3-7(4-2)5-6-8-9(13)11(15)12-10(8)14/h7-8H,3-6H2,1-2H3,(H,12,14,15). The molecular formula is C11H17NO3. The van der Waals surface area contributed by atoms with E-state index in [1.165, 1.54) is 0 Å². The first-order valence-electron chi connectivity index (χ1n) is 5.49. The van der Waals surface area contributed by atoms with Crippen molar-refractivity contribution in [1.29, 1.82) is 0 Å². The second-order valence-electron chi connectivity index (χ2n) is 4.00. The molecule has 1 heterocycles. The first-order valence-corrected chi connectivity index (χ1v) is 5.49. The molecule has 1 atom stereocenters. The van der Waals surface area contributed by atoms with E-state index in [0.29, 0.717) is 12.3 Å². The van der Waals surface area contributed by atoms with Gasteiger partial charge in [-0.2, -0.15) is 0 Å². The van der Waals surface area contributed by atoms with Crippen LogP contribution in [0.4, 0.5) is 0 Å². The summed E-state index contributed by atoms with van der Waals surface area (Å²) in [5.74, 6) is -1.91. The lowest BCUT2D eigenvalue weighted by atomic mass is 9.91. The Morgan fingerprint density at radius 2 is 1.80 bits per heavy atom. The van der Waals surface area contributed by atoms with E-state index in [4.69, 9.17) is 0 Å². The van der Waals surface area contributed by atoms with Gasteiger partial charge in [-0.15, -0.1) is 0 Å². The lowest BCUT2D eigenvalue weighted by Crippen LogP contribution is -2.22. The second kappa shape index (κ2) is 5.05. The Labute approximate surface area is 89.4 Å². The summed E-state index contributed by atoms with van der Waals surface area (Å²) in [6, 6.07) is 0. The van der Waals surface area contributed by atoms with E-state index in [-0.39, 0.29) is 0 Å². The van der Waals surface area contributed by atoms with Gasteiger partial charge in [0.25, 0.3) is 5.91 Å². The molecule has 4 heteroatoms. The topological polar surface area (TPSA) is 63.2 Å². The van der Waals surface area contributed by atoms with Crippen LogP contribution in [0.3, 0.4) is 0 Å². The van der Waals surface area contributed by atoms with E-state index in [2.05, 4.69) is 13.8 Å². The zero-order valence-electron chi connectivity index (χ0n) is 9.21. The van der Waals surface area contributed by atoms with Gasteiger partial charge >= 0.3 is 0 Å². The number of ketones is 1. The molecule has 0 spiro atoms. The molecule has 0 aliphatic carbocycles. The van der Waals surface area contributed by atoms with Crippen molar-refractivity contribution >= 4 is 17.6 Å². The summed E-state index contributed by atoms with van der Waals surface area (Å²) in [5, 5.41) is 2.05. The lowest BCUT2D eigenvalue weighted by Gasteiger charge is -2.12. The molecule has 1 unspecified atom stereocenters. The summed E-state index contributed by atoms with van der Waals surface area (Å²) in [6.45, 7) is 4.19. The van der Waals surface area contributed by atoms with Gasteiger partial charge in [0.2, 0.25) is 11.7 Å². The Balaban J connectivity index is 2.48. The van der Waals surface area contributed by atoms with Crippen LogP contribution in [-0.4, -0.2) is 17.6 Å². The van der Waals surface area contributed by atoms with Crippen molar-refractivity contribution in [2.75, 3.05) is 0 Å². The summed E-state index contributed by atoms with van der Waals surface area (Å²) < 4.78 is 0. The zero-order valence-corrected chi connectivity index (χ0v) is 9.21. The molecular weight excluding hydrogens is 194 g/mol. The minimum absolute atomic E-state index is 0.420. The van der Waals surface area contributed by atoms with Gasteiger partial charge in [-0.05, 0) is 18.8 Å². The number of imide groups is 1. The Kier molecular flexibility index (Phi) is 4.00. The molecule has 1 fully saturated rings. The van der Waals surface area contributed by atoms with Gasteiger partial charge < -0.3 is 0 Å². The third-order valence-corrected chi connectivity index (χ3v) is 3.11. The Hall–Kier alpha value is -1.19. The van der Waals surface area contributed by atoms with Gasteiger partial charge in [0, 0.05) is 0 Å². The van der Waals surface area contributed by atoms with Crippen LogP contribution < -0.4 is 5.32 Å². The number of hydrogen-bond acceptors (Lipinski definition) is 3. The summed E-state index contributed by atoms with van der Waals surface area (Å²) in [5.41, 5.74) is 0. The Bertz CT molecular complexity index is 282. The number of nitrogens with one attached hydrogen (secondary N) is 1. The molecule has 0 aromatic rings. The SMILES string of the molecule is CCC(CC)CCC1C(=O)NC(=O)C1=O. The van der Waals surface area contributed by atoms with Gasteiger partial charge in [-0.1, -0.05) is 26.7 Å². The third-order valence-electron chi connectivity index (χ3n) is 3.11. The molecule has 1 saturated heterocycles. The Morgan fingerprint density at radius 1 is 1.20 bits per heavy atom. The maximum atomic E-state index is 11.3. The van der Waals surface area contributed by atoms with Crippen LogP contribution in [-0.2, 0) is 14.4 Å². The van der Waals surface area contributed by atoms with Gasteiger partial charge in [-0.3, -0.25) is 19.7 Å². The molecule has 0 aromatic carbocycles. The van der Waals surface area contributed by atoms with Crippen LogP contribution in [0.1, 0.15) is 39.5 Å². The highest BCUT2D eigenvalue weighted by Gasteiger charge is 2.39. The van der Waals surface area contributed by atoms with Gasteiger partial charge in [0.15, 0.2) is 0 Å². The average Bonchev–Trinajstić information content (AvgIpc) is 2.45. The van der Waals surface area contributed by atoms with Crippen molar-refractivity contribution in [2.24, 2.45) is 11.8 Å². The molecule has 0 bridgehead atoms. The largest absolute Gasteiger partial charge is 0.294 e. The summed E-state index contributed by atoms with van der Waals surface area (Å²) in [6.07, 6.45) is 3.44. The number of carbonyl (C=O) groups is 3. The summed E-state index contributed by atoms with van der Waals surface area (Å²) in [7, 11) is 0. The van der Waals surface area contributed by atoms with Crippen LogP contribution >= 0.6 is 0 Å². The first kappa shape index (κ1) is 11.9. The van der Waals surface area contributed by atoms with E-state index >= 15 is 0 Å². The summed E-state index contributed by atoms with van der Waals surface area (Å²) in [4.78, 5) is 33.4. The second-order valence-corrected chi connectivity index (χ2v) is 4.00. The molecule has 0 radical (unpaired) electrons.